The third kappa shape index (κ3) is 2.64. The Hall–Kier alpha value is -1.42. The second-order valence-corrected chi connectivity index (χ2v) is 4.23. The molecule has 0 radical (unpaired) electrons. The van der Waals surface area contributed by atoms with Gasteiger partial charge >= 0.3 is 0 Å². The van der Waals surface area contributed by atoms with Crippen molar-refractivity contribution >= 4 is 11.6 Å². The zero-order valence-electron chi connectivity index (χ0n) is 9.52. The molecule has 1 aromatic carbocycles. The molecule has 0 bridgehead atoms. The Morgan fingerprint density at radius 3 is 2.59 bits per heavy atom. The molecule has 1 aromatic heterocycles. The molecule has 3 N–H and O–H groups in total. The highest BCUT2D eigenvalue weighted by molar-refractivity contribution is 6.31. The van der Waals surface area contributed by atoms with E-state index in [0.717, 1.165) is 17.0 Å². The summed E-state index contributed by atoms with van der Waals surface area (Å²) in [6.07, 6.45) is 0. The van der Waals surface area contributed by atoms with Crippen molar-refractivity contribution < 1.29 is 0 Å². The number of nitrogens with zero attached hydrogens (tertiary/aromatic N) is 1. The predicted octanol–water partition coefficient (Wildman–Crippen LogP) is 2.60. The van der Waals surface area contributed by atoms with Crippen molar-refractivity contribution in [1.82, 2.24) is 10.4 Å². The molecule has 2 rings (SSSR count). The van der Waals surface area contributed by atoms with Crippen molar-refractivity contribution in [2.45, 2.75) is 13.0 Å². The van der Waals surface area contributed by atoms with Crippen LogP contribution in [0.2, 0.25) is 5.02 Å². The third-order valence-electron chi connectivity index (χ3n) is 2.59. The number of nitrogens with one attached hydrogen (secondary N) is 1. The van der Waals surface area contributed by atoms with E-state index in [1.807, 2.05) is 49.4 Å². The van der Waals surface area contributed by atoms with Gasteiger partial charge in [-0.3, -0.25) is 10.8 Å². The molecule has 4 heteroatoms. The Labute approximate surface area is 106 Å². The van der Waals surface area contributed by atoms with E-state index in [0.29, 0.717) is 5.02 Å². The molecule has 0 saturated heterocycles. The number of hydrogen-bond acceptors (Lipinski definition) is 3. The molecule has 0 saturated carbocycles. The molecule has 0 spiro atoms. The molecule has 0 aliphatic heterocycles. The Balaban J connectivity index is 2.44. The van der Waals surface area contributed by atoms with Crippen LogP contribution >= 0.6 is 11.6 Å². The van der Waals surface area contributed by atoms with E-state index in [2.05, 4.69) is 10.4 Å². The van der Waals surface area contributed by atoms with Crippen LogP contribution in [-0.4, -0.2) is 4.98 Å². The SMILES string of the molecule is Cc1cccc(C(NN)c2ccccc2Cl)n1. The van der Waals surface area contributed by atoms with E-state index in [1.165, 1.54) is 0 Å². The summed E-state index contributed by atoms with van der Waals surface area (Å²) in [4.78, 5) is 4.46. The number of rotatable bonds is 3. The van der Waals surface area contributed by atoms with Crippen LogP contribution in [-0.2, 0) is 0 Å². The van der Waals surface area contributed by atoms with E-state index >= 15 is 0 Å². The Kier molecular flexibility index (Phi) is 3.74. The van der Waals surface area contributed by atoms with Gasteiger partial charge in [0, 0.05) is 10.7 Å². The molecule has 0 aliphatic carbocycles. The number of benzene rings is 1. The van der Waals surface area contributed by atoms with E-state index in [9.17, 15) is 0 Å². The minimum Gasteiger partial charge on any atom is -0.271 e. The summed E-state index contributed by atoms with van der Waals surface area (Å²) < 4.78 is 0. The molecule has 0 fully saturated rings. The number of aromatic nitrogens is 1. The third-order valence-corrected chi connectivity index (χ3v) is 2.93. The van der Waals surface area contributed by atoms with Crippen LogP contribution in [0.15, 0.2) is 42.5 Å². The number of nitrogens with two attached hydrogens (primary N) is 1. The van der Waals surface area contributed by atoms with Crippen molar-refractivity contribution in [3.05, 3.63) is 64.4 Å². The first kappa shape index (κ1) is 12.0. The van der Waals surface area contributed by atoms with Crippen molar-refractivity contribution in [2.75, 3.05) is 0 Å². The second kappa shape index (κ2) is 5.27. The van der Waals surface area contributed by atoms with Crippen molar-refractivity contribution in [3.8, 4) is 0 Å². The largest absolute Gasteiger partial charge is 0.271 e. The van der Waals surface area contributed by atoms with Gasteiger partial charge in [-0.15, -0.1) is 0 Å². The highest BCUT2D eigenvalue weighted by atomic mass is 35.5. The average molecular weight is 248 g/mol. The minimum absolute atomic E-state index is 0.191. The summed E-state index contributed by atoms with van der Waals surface area (Å²) in [6.45, 7) is 1.95. The van der Waals surface area contributed by atoms with Crippen molar-refractivity contribution in [2.24, 2.45) is 5.84 Å². The fourth-order valence-corrected chi connectivity index (χ4v) is 2.01. The van der Waals surface area contributed by atoms with Gasteiger partial charge in [0.2, 0.25) is 0 Å². The van der Waals surface area contributed by atoms with Gasteiger partial charge in [0.1, 0.15) is 0 Å². The first-order chi connectivity index (χ1) is 8.22. The maximum atomic E-state index is 6.16. The second-order valence-electron chi connectivity index (χ2n) is 3.83. The minimum atomic E-state index is -0.191. The molecular weight excluding hydrogens is 234 g/mol. The summed E-state index contributed by atoms with van der Waals surface area (Å²) in [7, 11) is 0. The van der Waals surface area contributed by atoms with E-state index in [4.69, 9.17) is 17.4 Å². The standard InChI is InChI=1S/C13H14ClN3/c1-9-5-4-8-12(16-9)13(17-15)10-6-2-3-7-11(10)14/h2-8,13,17H,15H2,1H3. The summed E-state index contributed by atoms with van der Waals surface area (Å²) >= 11 is 6.16. The van der Waals surface area contributed by atoms with Gasteiger partial charge in [-0.25, -0.2) is 5.43 Å². The van der Waals surface area contributed by atoms with Gasteiger partial charge in [-0.05, 0) is 30.7 Å². The van der Waals surface area contributed by atoms with Crippen LogP contribution in [0.25, 0.3) is 0 Å². The number of pyridine rings is 1. The van der Waals surface area contributed by atoms with Crippen LogP contribution < -0.4 is 11.3 Å². The summed E-state index contributed by atoms with van der Waals surface area (Å²) in [5, 5.41) is 0.679. The first-order valence-corrected chi connectivity index (χ1v) is 5.74. The van der Waals surface area contributed by atoms with Gasteiger partial charge in [-0.1, -0.05) is 35.9 Å². The number of aryl methyl sites for hydroxylation is 1. The molecular formula is C13H14ClN3. The maximum absolute atomic E-state index is 6.16. The van der Waals surface area contributed by atoms with Crippen LogP contribution in [0.3, 0.4) is 0 Å². The van der Waals surface area contributed by atoms with Gasteiger partial charge in [0.25, 0.3) is 0 Å². The smallest absolute Gasteiger partial charge is 0.0895 e. The zero-order chi connectivity index (χ0) is 12.3. The highest BCUT2D eigenvalue weighted by Gasteiger charge is 2.16. The maximum Gasteiger partial charge on any atom is 0.0895 e. The Morgan fingerprint density at radius 1 is 1.18 bits per heavy atom. The lowest BCUT2D eigenvalue weighted by Gasteiger charge is -2.17. The average Bonchev–Trinajstić information content (AvgIpc) is 2.33. The van der Waals surface area contributed by atoms with Crippen LogP contribution in [0.1, 0.15) is 23.0 Å². The zero-order valence-corrected chi connectivity index (χ0v) is 10.3. The summed E-state index contributed by atoms with van der Waals surface area (Å²) in [5.41, 5.74) is 5.50. The van der Waals surface area contributed by atoms with E-state index in [-0.39, 0.29) is 6.04 Å². The van der Waals surface area contributed by atoms with E-state index in [1.54, 1.807) is 0 Å². The van der Waals surface area contributed by atoms with Gasteiger partial charge < -0.3 is 0 Å². The lowest BCUT2D eigenvalue weighted by atomic mass is 10.0. The summed E-state index contributed by atoms with van der Waals surface area (Å²) in [5.74, 6) is 5.61. The van der Waals surface area contributed by atoms with Gasteiger partial charge in [0.15, 0.2) is 0 Å². The normalized spacial score (nSPS) is 12.4. The molecule has 3 nitrogen and oxygen atoms in total. The fourth-order valence-electron chi connectivity index (χ4n) is 1.77. The predicted molar refractivity (Wildman–Crippen MR) is 69.6 cm³/mol. The lowest BCUT2D eigenvalue weighted by Crippen LogP contribution is -2.29. The van der Waals surface area contributed by atoms with Gasteiger partial charge in [0.05, 0.1) is 11.7 Å². The molecule has 0 amide bonds. The van der Waals surface area contributed by atoms with E-state index < -0.39 is 0 Å². The number of halogens is 1. The fraction of sp³-hybridized carbons (Fsp3) is 0.154. The van der Waals surface area contributed by atoms with Crippen LogP contribution in [0.4, 0.5) is 0 Å². The monoisotopic (exact) mass is 247 g/mol. The van der Waals surface area contributed by atoms with Crippen LogP contribution in [0, 0.1) is 6.92 Å². The Morgan fingerprint density at radius 2 is 1.94 bits per heavy atom. The topological polar surface area (TPSA) is 50.9 Å². The molecule has 17 heavy (non-hydrogen) atoms. The molecule has 2 aromatic rings. The first-order valence-electron chi connectivity index (χ1n) is 5.36. The molecule has 1 unspecified atom stereocenters. The van der Waals surface area contributed by atoms with Crippen molar-refractivity contribution in [3.63, 3.8) is 0 Å². The van der Waals surface area contributed by atoms with Gasteiger partial charge in [-0.2, -0.15) is 0 Å². The summed E-state index contributed by atoms with van der Waals surface area (Å²) in [6, 6.07) is 13.3. The Bertz CT molecular complexity index is 514. The number of hydrazine groups is 1. The number of hydrogen-bond donors (Lipinski definition) is 2. The lowest BCUT2D eigenvalue weighted by molar-refractivity contribution is 0.619. The highest BCUT2D eigenvalue weighted by Crippen LogP contribution is 2.26. The van der Waals surface area contributed by atoms with Crippen LogP contribution in [0.5, 0.6) is 0 Å². The molecule has 1 atom stereocenters. The quantitative estimate of drug-likeness (QED) is 0.648. The van der Waals surface area contributed by atoms with Crippen molar-refractivity contribution in [1.29, 1.82) is 0 Å². The molecule has 1 heterocycles. The molecule has 0 aliphatic rings. The molecule has 88 valence electrons.